The second-order valence-electron chi connectivity index (χ2n) is 5.63. The van der Waals surface area contributed by atoms with E-state index in [2.05, 4.69) is 45.0 Å². The summed E-state index contributed by atoms with van der Waals surface area (Å²) in [6.45, 7) is 5.70. The van der Waals surface area contributed by atoms with Crippen LogP contribution in [0.4, 0.5) is 5.00 Å². The first-order valence-electron chi connectivity index (χ1n) is 8.21. The predicted octanol–water partition coefficient (Wildman–Crippen LogP) is 3.07. The minimum atomic E-state index is 0.473. The van der Waals surface area contributed by atoms with E-state index < -0.39 is 0 Å². The molecule has 2 aromatic rings. The van der Waals surface area contributed by atoms with E-state index in [-0.39, 0.29) is 0 Å². The van der Waals surface area contributed by atoms with Gasteiger partial charge >= 0.3 is 0 Å². The third-order valence-electron chi connectivity index (χ3n) is 3.97. The maximum absolute atomic E-state index is 5.34. The average Bonchev–Trinajstić information content (AvgIpc) is 3.27. The predicted molar refractivity (Wildman–Crippen MR) is 96.2 cm³/mol. The van der Waals surface area contributed by atoms with Gasteiger partial charge in [-0.25, -0.2) is 4.99 Å². The molecule has 3 rings (SSSR count). The third kappa shape index (κ3) is 4.51. The summed E-state index contributed by atoms with van der Waals surface area (Å²) < 4.78 is 5.34. The van der Waals surface area contributed by atoms with Crippen molar-refractivity contribution in [2.24, 2.45) is 4.99 Å². The Bertz CT molecular complexity index is 586. The van der Waals surface area contributed by atoms with Gasteiger partial charge in [0.25, 0.3) is 0 Å². The van der Waals surface area contributed by atoms with E-state index in [1.807, 2.05) is 23.5 Å². The van der Waals surface area contributed by atoms with Gasteiger partial charge in [0.05, 0.1) is 11.3 Å². The van der Waals surface area contributed by atoms with Crippen LogP contribution in [0.1, 0.15) is 25.5 Å². The normalized spacial score (nSPS) is 16.6. The van der Waals surface area contributed by atoms with Crippen molar-refractivity contribution in [1.29, 1.82) is 0 Å². The first kappa shape index (κ1) is 15.9. The molecule has 23 heavy (non-hydrogen) atoms. The van der Waals surface area contributed by atoms with Crippen LogP contribution in [-0.2, 0) is 6.54 Å². The summed E-state index contributed by atoms with van der Waals surface area (Å²) in [5.41, 5.74) is 0. The lowest BCUT2D eigenvalue weighted by Crippen LogP contribution is -2.48. The highest BCUT2D eigenvalue weighted by atomic mass is 32.1. The standard InChI is InChI=1S/C17H24N4OS/c1-2-18-17(19-13-15-5-3-11-22-15)20-14-7-9-21(10-8-14)16-6-4-12-23-16/h3-6,11-12,14H,2,7-10,13H2,1H3,(H2,18,19,20). The fraction of sp³-hybridized carbons (Fsp3) is 0.471. The summed E-state index contributed by atoms with van der Waals surface area (Å²) in [6, 6.07) is 8.64. The van der Waals surface area contributed by atoms with Crippen LogP contribution in [0.2, 0.25) is 0 Å². The molecule has 1 aliphatic heterocycles. The van der Waals surface area contributed by atoms with Crippen molar-refractivity contribution in [3.05, 3.63) is 41.7 Å². The summed E-state index contributed by atoms with van der Waals surface area (Å²) in [4.78, 5) is 7.08. The molecule has 0 atom stereocenters. The highest BCUT2D eigenvalue weighted by Crippen LogP contribution is 2.24. The molecular weight excluding hydrogens is 308 g/mol. The summed E-state index contributed by atoms with van der Waals surface area (Å²) in [7, 11) is 0. The average molecular weight is 332 g/mol. The van der Waals surface area contributed by atoms with E-state index in [1.165, 1.54) is 5.00 Å². The summed E-state index contributed by atoms with van der Waals surface area (Å²) >= 11 is 1.82. The second kappa shape index (κ2) is 8.06. The zero-order valence-corrected chi connectivity index (χ0v) is 14.3. The van der Waals surface area contributed by atoms with Crippen LogP contribution in [0, 0.1) is 0 Å². The molecule has 2 N–H and O–H groups in total. The Morgan fingerprint density at radius 1 is 1.35 bits per heavy atom. The van der Waals surface area contributed by atoms with E-state index in [4.69, 9.17) is 4.42 Å². The lowest BCUT2D eigenvalue weighted by atomic mass is 10.1. The van der Waals surface area contributed by atoms with Gasteiger partial charge in [0.2, 0.25) is 0 Å². The maximum Gasteiger partial charge on any atom is 0.191 e. The molecule has 0 spiro atoms. The van der Waals surface area contributed by atoms with Crippen LogP contribution in [-0.4, -0.2) is 31.6 Å². The molecule has 0 unspecified atom stereocenters. The lowest BCUT2D eigenvalue weighted by molar-refractivity contribution is 0.461. The maximum atomic E-state index is 5.34. The minimum absolute atomic E-state index is 0.473. The molecule has 3 heterocycles. The molecule has 1 saturated heterocycles. The molecule has 5 nitrogen and oxygen atoms in total. The van der Waals surface area contributed by atoms with Gasteiger partial charge in [0.1, 0.15) is 12.3 Å². The zero-order chi connectivity index (χ0) is 15.9. The number of rotatable bonds is 5. The number of aliphatic imine (C=N–C) groups is 1. The van der Waals surface area contributed by atoms with Crippen LogP contribution in [0.15, 0.2) is 45.3 Å². The fourth-order valence-corrected chi connectivity index (χ4v) is 3.55. The first-order chi connectivity index (χ1) is 11.3. The second-order valence-corrected chi connectivity index (χ2v) is 6.56. The Morgan fingerprint density at radius 3 is 2.87 bits per heavy atom. The number of hydrogen-bond acceptors (Lipinski definition) is 4. The van der Waals surface area contributed by atoms with Crippen molar-refractivity contribution in [2.75, 3.05) is 24.5 Å². The Labute approximate surface area is 141 Å². The summed E-state index contributed by atoms with van der Waals surface area (Å²) in [5, 5.41) is 10.4. The number of thiophene rings is 1. The SMILES string of the molecule is CCNC(=NCc1ccco1)NC1CCN(c2cccs2)CC1. The van der Waals surface area contributed by atoms with E-state index in [0.29, 0.717) is 12.6 Å². The molecule has 0 aliphatic carbocycles. The van der Waals surface area contributed by atoms with Crippen LogP contribution in [0.3, 0.4) is 0 Å². The number of furan rings is 1. The van der Waals surface area contributed by atoms with E-state index in [0.717, 1.165) is 44.2 Å². The van der Waals surface area contributed by atoms with Gasteiger partial charge < -0.3 is 20.0 Å². The van der Waals surface area contributed by atoms with Gasteiger partial charge in [-0.2, -0.15) is 0 Å². The smallest absolute Gasteiger partial charge is 0.191 e. The quantitative estimate of drug-likeness (QED) is 0.653. The highest BCUT2D eigenvalue weighted by molar-refractivity contribution is 7.14. The van der Waals surface area contributed by atoms with E-state index in [9.17, 15) is 0 Å². The fourth-order valence-electron chi connectivity index (χ4n) is 2.77. The Kier molecular flexibility index (Phi) is 5.58. The van der Waals surface area contributed by atoms with Crippen LogP contribution >= 0.6 is 11.3 Å². The van der Waals surface area contributed by atoms with Crippen molar-refractivity contribution in [1.82, 2.24) is 10.6 Å². The minimum Gasteiger partial charge on any atom is -0.467 e. The lowest BCUT2D eigenvalue weighted by Gasteiger charge is -2.33. The molecule has 0 radical (unpaired) electrons. The highest BCUT2D eigenvalue weighted by Gasteiger charge is 2.20. The molecule has 1 aliphatic rings. The molecule has 6 heteroatoms. The number of nitrogens with zero attached hydrogens (tertiary/aromatic N) is 2. The van der Waals surface area contributed by atoms with Gasteiger partial charge in [-0.05, 0) is 49.4 Å². The van der Waals surface area contributed by atoms with Gasteiger partial charge in [0, 0.05) is 25.7 Å². The number of piperidine rings is 1. The van der Waals surface area contributed by atoms with Crippen molar-refractivity contribution in [3.63, 3.8) is 0 Å². The van der Waals surface area contributed by atoms with E-state index in [1.54, 1.807) is 6.26 Å². The Balaban J connectivity index is 1.51. The number of hydrogen-bond donors (Lipinski definition) is 2. The van der Waals surface area contributed by atoms with Gasteiger partial charge in [0.15, 0.2) is 5.96 Å². The van der Waals surface area contributed by atoms with Gasteiger partial charge in [-0.3, -0.25) is 0 Å². The first-order valence-corrected chi connectivity index (χ1v) is 9.09. The molecule has 0 saturated carbocycles. The monoisotopic (exact) mass is 332 g/mol. The molecule has 2 aromatic heterocycles. The van der Waals surface area contributed by atoms with Crippen molar-refractivity contribution >= 4 is 22.3 Å². The number of anilines is 1. The van der Waals surface area contributed by atoms with E-state index >= 15 is 0 Å². The van der Waals surface area contributed by atoms with Crippen LogP contribution < -0.4 is 15.5 Å². The third-order valence-corrected chi connectivity index (χ3v) is 4.90. The molecular formula is C17H24N4OS. The largest absolute Gasteiger partial charge is 0.467 e. The van der Waals surface area contributed by atoms with Crippen molar-refractivity contribution in [3.8, 4) is 0 Å². The van der Waals surface area contributed by atoms with Crippen molar-refractivity contribution < 1.29 is 4.42 Å². The summed E-state index contributed by atoms with van der Waals surface area (Å²) in [5.74, 6) is 1.76. The number of guanidine groups is 1. The van der Waals surface area contributed by atoms with Crippen molar-refractivity contribution in [2.45, 2.75) is 32.4 Å². The topological polar surface area (TPSA) is 52.8 Å². The molecule has 124 valence electrons. The van der Waals surface area contributed by atoms with Crippen LogP contribution in [0.5, 0.6) is 0 Å². The Morgan fingerprint density at radius 2 is 2.22 bits per heavy atom. The van der Waals surface area contributed by atoms with Gasteiger partial charge in [-0.15, -0.1) is 11.3 Å². The van der Waals surface area contributed by atoms with Crippen LogP contribution in [0.25, 0.3) is 0 Å². The number of nitrogens with one attached hydrogen (secondary N) is 2. The Hall–Kier alpha value is -1.95. The molecule has 0 amide bonds. The summed E-state index contributed by atoms with van der Waals surface area (Å²) in [6.07, 6.45) is 3.94. The molecule has 0 bridgehead atoms. The van der Waals surface area contributed by atoms with Gasteiger partial charge in [-0.1, -0.05) is 0 Å². The zero-order valence-electron chi connectivity index (χ0n) is 13.5. The molecule has 1 fully saturated rings. The molecule has 0 aromatic carbocycles.